The second kappa shape index (κ2) is 8.47. The summed E-state index contributed by atoms with van der Waals surface area (Å²) in [5, 5.41) is 5.79. The molecule has 0 radical (unpaired) electrons. The highest BCUT2D eigenvalue weighted by Gasteiger charge is 2.14. The van der Waals surface area contributed by atoms with Crippen LogP contribution < -0.4 is 10.6 Å². The number of nitrogens with one attached hydrogen (secondary N) is 2. The highest BCUT2D eigenvalue weighted by atomic mass is 19.1. The number of aryl methyl sites for hydroxylation is 2. The Balaban J connectivity index is 1.96. The Morgan fingerprint density at radius 3 is 2.50 bits per heavy atom. The molecule has 0 heterocycles. The van der Waals surface area contributed by atoms with Crippen LogP contribution in [0, 0.1) is 19.7 Å². The predicted octanol–water partition coefficient (Wildman–Crippen LogP) is 3.52. The minimum Gasteiger partial charge on any atom is -0.465 e. The van der Waals surface area contributed by atoms with Crippen molar-refractivity contribution in [1.82, 2.24) is 5.32 Å². The molecule has 0 bridgehead atoms. The van der Waals surface area contributed by atoms with Gasteiger partial charge >= 0.3 is 5.97 Å². The Kier molecular flexibility index (Phi) is 6.33. The lowest BCUT2D eigenvalue weighted by Crippen LogP contribution is -2.32. The average molecular weight is 358 g/mol. The van der Waals surface area contributed by atoms with Gasteiger partial charge in [0.1, 0.15) is 5.82 Å². The van der Waals surface area contributed by atoms with E-state index in [0.29, 0.717) is 5.69 Å². The van der Waals surface area contributed by atoms with E-state index >= 15 is 0 Å². The van der Waals surface area contributed by atoms with E-state index in [1.165, 1.54) is 30.4 Å². The van der Waals surface area contributed by atoms with Crippen LogP contribution in [0.5, 0.6) is 0 Å². The van der Waals surface area contributed by atoms with Crippen molar-refractivity contribution in [3.8, 4) is 0 Å². The first kappa shape index (κ1) is 19.4. The lowest BCUT2D eigenvalue weighted by Gasteiger charge is -2.16. The number of benzene rings is 2. The maximum Gasteiger partial charge on any atom is 0.340 e. The van der Waals surface area contributed by atoms with E-state index < -0.39 is 11.8 Å². The van der Waals surface area contributed by atoms with Gasteiger partial charge in [0.05, 0.1) is 25.3 Å². The fourth-order valence-corrected chi connectivity index (χ4v) is 2.49. The molecule has 138 valence electrons. The second-order valence-electron chi connectivity index (χ2n) is 6.17. The molecule has 6 heteroatoms. The van der Waals surface area contributed by atoms with E-state index in [-0.39, 0.29) is 24.1 Å². The molecule has 0 unspecified atom stereocenters. The molecular formula is C20H23FN2O3. The minimum absolute atomic E-state index is 0.00142. The van der Waals surface area contributed by atoms with Crippen LogP contribution >= 0.6 is 0 Å². The Bertz CT molecular complexity index is 821. The van der Waals surface area contributed by atoms with E-state index in [1.807, 2.05) is 32.9 Å². The number of methoxy groups -OCH3 is 1. The van der Waals surface area contributed by atoms with Crippen LogP contribution in [0.3, 0.4) is 0 Å². The summed E-state index contributed by atoms with van der Waals surface area (Å²) in [7, 11) is 1.18. The lowest BCUT2D eigenvalue weighted by molar-refractivity contribution is -0.120. The van der Waals surface area contributed by atoms with Crippen LogP contribution in [-0.4, -0.2) is 25.5 Å². The average Bonchev–Trinajstić information content (AvgIpc) is 2.62. The molecule has 0 saturated carbocycles. The zero-order valence-electron chi connectivity index (χ0n) is 15.4. The summed E-state index contributed by atoms with van der Waals surface area (Å²) in [6.45, 7) is 5.98. The largest absolute Gasteiger partial charge is 0.465 e. The Hall–Kier alpha value is -2.89. The fraction of sp³-hybridized carbons (Fsp3) is 0.300. The van der Waals surface area contributed by atoms with Crippen molar-refractivity contribution >= 4 is 17.6 Å². The number of carbonyl (C=O) groups is 2. The molecule has 5 nitrogen and oxygen atoms in total. The first-order valence-electron chi connectivity index (χ1n) is 8.30. The van der Waals surface area contributed by atoms with Crippen LogP contribution in [0.4, 0.5) is 10.1 Å². The number of ether oxygens (including phenoxy) is 1. The number of hydrogen-bond acceptors (Lipinski definition) is 4. The van der Waals surface area contributed by atoms with Gasteiger partial charge in [-0.2, -0.15) is 0 Å². The number of amides is 1. The number of anilines is 1. The number of hydrogen-bond donors (Lipinski definition) is 2. The third-order valence-corrected chi connectivity index (χ3v) is 4.23. The van der Waals surface area contributed by atoms with Gasteiger partial charge in [0.15, 0.2) is 0 Å². The number of rotatable bonds is 6. The molecule has 0 aromatic heterocycles. The van der Waals surface area contributed by atoms with E-state index in [9.17, 15) is 14.0 Å². The molecule has 0 fully saturated rings. The van der Waals surface area contributed by atoms with Gasteiger partial charge in [0.25, 0.3) is 0 Å². The third kappa shape index (κ3) is 4.81. The second-order valence-corrected chi connectivity index (χ2v) is 6.17. The van der Waals surface area contributed by atoms with Crippen molar-refractivity contribution in [2.45, 2.75) is 26.8 Å². The summed E-state index contributed by atoms with van der Waals surface area (Å²) < 4.78 is 18.1. The van der Waals surface area contributed by atoms with Crippen molar-refractivity contribution in [2.24, 2.45) is 0 Å². The van der Waals surface area contributed by atoms with Crippen molar-refractivity contribution < 1.29 is 18.7 Å². The van der Waals surface area contributed by atoms with Gasteiger partial charge in [0, 0.05) is 5.69 Å². The standard InChI is InChI=1S/C20H23FN2O3/c1-12-5-6-15(9-13(12)2)14(3)23-19(24)11-22-16-7-8-18(21)17(10-16)20(25)26-4/h5-10,14,22H,11H2,1-4H3,(H,23,24)/t14-/m0/s1. The van der Waals surface area contributed by atoms with E-state index in [0.717, 1.165) is 11.6 Å². The first-order valence-corrected chi connectivity index (χ1v) is 8.30. The van der Waals surface area contributed by atoms with Crippen LogP contribution in [0.2, 0.25) is 0 Å². The smallest absolute Gasteiger partial charge is 0.340 e. The maximum atomic E-state index is 13.6. The molecule has 2 aromatic carbocycles. The molecular weight excluding hydrogens is 335 g/mol. The molecule has 2 aromatic rings. The van der Waals surface area contributed by atoms with Gasteiger partial charge < -0.3 is 15.4 Å². The van der Waals surface area contributed by atoms with Gasteiger partial charge in [-0.3, -0.25) is 4.79 Å². The van der Waals surface area contributed by atoms with E-state index in [4.69, 9.17) is 0 Å². The summed E-state index contributed by atoms with van der Waals surface area (Å²) in [4.78, 5) is 23.7. The van der Waals surface area contributed by atoms with Crippen LogP contribution in [-0.2, 0) is 9.53 Å². The molecule has 0 aliphatic heterocycles. The van der Waals surface area contributed by atoms with Crippen molar-refractivity contribution in [1.29, 1.82) is 0 Å². The molecule has 1 amide bonds. The highest BCUT2D eigenvalue weighted by Crippen LogP contribution is 2.17. The first-order chi connectivity index (χ1) is 12.3. The van der Waals surface area contributed by atoms with E-state index in [1.54, 1.807) is 0 Å². The zero-order chi connectivity index (χ0) is 19.3. The highest BCUT2D eigenvalue weighted by molar-refractivity contribution is 5.91. The normalized spacial score (nSPS) is 11.6. The molecule has 2 N–H and O–H groups in total. The van der Waals surface area contributed by atoms with E-state index in [2.05, 4.69) is 21.4 Å². The summed E-state index contributed by atoms with van der Waals surface area (Å²) >= 11 is 0. The number of esters is 1. The molecule has 26 heavy (non-hydrogen) atoms. The number of halogens is 1. The van der Waals surface area contributed by atoms with Gasteiger partial charge in [-0.25, -0.2) is 9.18 Å². The summed E-state index contributed by atoms with van der Waals surface area (Å²) in [5.41, 5.74) is 3.67. The van der Waals surface area contributed by atoms with Crippen LogP contribution in [0.15, 0.2) is 36.4 Å². The third-order valence-electron chi connectivity index (χ3n) is 4.23. The van der Waals surface area contributed by atoms with Gasteiger partial charge in [0.2, 0.25) is 5.91 Å². The van der Waals surface area contributed by atoms with Crippen LogP contribution in [0.1, 0.15) is 40.0 Å². The summed E-state index contributed by atoms with van der Waals surface area (Å²) in [6.07, 6.45) is 0. The van der Waals surface area contributed by atoms with Crippen molar-refractivity contribution in [2.75, 3.05) is 19.0 Å². The van der Waals surface area contributed by atoms with Gasteiger partial charge in [-0.15, -0.1) is 0 Å². The quantitative estimate of drug-likeness (QED) is 0.776. The molecule has 2 rings (SSSR count). The molecule has 0 aliphatic rings. The minimum atomic E-state index is -0.765. The lowest BCUT2D eigenvalue weighted by atomic mass is 10.0. The van der Waals surface area contributed by atoms with Gasteiger partial charge in [-0.05, 0) is 55.7 Å². The Labute approximate surface area is 152 Å². The van der Waals surface area contributed by atoms with Gasteiger partial charge in [-0.1, -0.05) is 18.2 Å². The maximum absolute atomic E-state index is 13.6. The predicted molar refractivity (Wildman–Crippen MR) is 98.7 cm³/mol. The van der Waals surface area contributed by atoms with Crippen molar-refractivity contribution in [3.63, 3.8) is 0 Å². The molecule has 0 spiro atoms. The summed E-state index contributed by atoms with van der Waals surface area (Å²) in [6, 6.07) is 9.87. The fourth-order valence-electron chi connectivity index (χ4n) is 2.49. The molecule has 0 saturated heterocycles. The topological polar surface area (TPSA) is 67.4 Å². The Morgan fingerprint density at radius 1 is 1.12 bits per heavy atom. The molecule has 1 atom stereocenters. The zero-order valence-corrected chi connectivity index (χ0v) is 15.4. The number of carbonyl (C=O) groups excluding carboxylic acids is 2. The SMILES string of the molecule is COC(=O)c1cc(NCC(=O)N[C@@H](C)c2ccc(C)c(C)c2)ccc1F. The molecule has 0 aliphatic carbocycles. The summed E-state index contributed by atoms with van der Waals surface area (Å²) in [5.74, 6) is -1.64. The van der Waals surface area contributed by atoms with Crippen LogP contribution in [0.25, 0.3) is 0 Å². The Morgan fingerprint density at radius 2 is 1.85 bits per heavy atom. The van der Waals surface area contributed by atoms with Crippen molar-refractivity contribution in [3.05, 3.63) is 64.5 Å². The monoisotopic (exact) mass is 358 g/mol.